The van der Waals surface area contributed by atoms with Gasteiger partial charge in [0.2, 0.25) is 0 Å². The summed E-state index contributed by atoms with van der Waals surface area (Å²) in [5.41, 5.74) is 5.31. The monoisotopic (exact) mass is 452 g/mol. The molecule has 0 unspecified atom stereocenters. The van der Waals surface area contributed by atoms with Crippen LogP contribution in [0.15, 0.2) is 38.7 Å². The van der Waals surface area contributed by atoms with E-state index >= 15 is 0 Å². The Kier molecular flexibility index (Phi) is 6.56. The molecular weight excluding hydrogens is 420 g/mol. The summed E-state index contributed by atoms with van der Waals surface area (Å²) in [5.74, 6) is 0.182. The van der Waals surface area contributed by atoms with Crippen molar-refractivity contribution in [2.45, 2.75) is 60.0 Å². The van der Waals surface area contributed by atoms with Gasteiger partial charge in [-0.25, -0.2) is 9.79 Å². The smallest absolute Gasteiger partial charge is 0.343 e. The van der Waals surface area contributed by atoms with Gasteiger partial charge >= 0.3 is 5.97 Å². The van der Waals surface area contributed by atoms with Crippen LogP contribution in [-0.2, 0) is 16.1 Å². The summed E-state index contributed by atoms with van der Waals surface area (Å²) in [5, 5.41) is 14.7. The minimum atomic E-state index is -0.544. The molecule has 1 saturated heterocycles. The van der Waals surface area contributed by atoms with Gasteiger partial charge in [0.15, 0.2) is 5.76 Å². The fourth-order valence-electron chi connectivity index (χ4n) is 4.85. The largest absolute Gasteiger partial charge is 0.505 e. The van der Waals surface area contributed by atoms with Crippen LogP contribution in [-0.4, -0.2) is 51.1 Å². The number of hydrogen-bond acceptors (Lipinski definition) is 7. The fourth-order valence-corrected chi connectivity index (χ4v) is 4.85. The second-order valence-corrected chi connectivity index (χ2v) is 8.80. The summed E-state index contributed by atoms with van der Waals surface area (Å²) in [6.45, 7) is 12.6. The van der Waals surface area contributed by atoms with E-state index in [-0.39, 0.29) is 17.9 Å². The zero-order valence-corrected chi connectivity index (χ0v) is 20.0. The van der Waals surface area contributed by atoms with Gasteiger partial charge in [-0.1, -0.05) is 5.16 Å². The Morgan fingerprint density at radius 2 is 1.97 bits per heavy atom. The molecule has 33 heavy (non-hydrogen) atoms. The molecule has 0 radical (unpaired) electrons. The van der Waals surface area contributed by atoms with Gasteiger partial charge in [-0.05, 0) is 65.2 Å². The van der Waals surface area contributed by atoms with Crippen molar-refractivity contribution in [1.29, 1.82) is 0 Å². The van der Waals surface area contributed by atoms with Crippen molar-refractivity contribution in [3.8, 4) is 0 Å². The molecule has 2 aromatic heterocycles. The summed E-state index contributed by atoms with van der Waals surface area (Å²) in [4.78, 5) is 19.0. The molecule has 0 bridgehead atoms. The number of piperidine rings is 1. The average molecular weight is 453 g/mol. The second-order valence-electron chi connectivity index (χ2n) is 8.80. The van der Waals surface area contributed by atoms with E-state index in [4.69, 9.17) is 9.26 Å². The van der Waals surface area contributed by atoms with Crippen LogP contribution in [0.5, 0.6) is 0 Å². The Balaban J connectivity index is 1.49. The lowest BCUT2D eigenvalue weighted by molar-refractivity contribution is -0.138. The molecule has 1 fully saturated rings. The molecule has 2 aliphatic rings. The van der Waals surface area contributed by atoms with Gasteiger partial charge < -0.3 is 18.9 Å². The number of likely N-dealkylation sites (tertiary alicyclic amines) is 1. The molecule has 0 aliphatic carbocycles. The lowest BCUT2D eigenvalue weighted by atomic mass is 10.0. The predicted octanol–water partition coefficient (Wildman–Crippen LogP) is 4.43. The SMILES string of the molecule is CCOC(=O)C1=C(O)/C(=C\c2cc(C)n(C3CCN(Cc4cc(C)on4)CC3)c2C)N=C1C. The Labute approximate surface area is 194 Å². The van der Waals surface area contributed by atoms with Crippen molar-refractivity contribution < 1.29 is 19.2 Å². The second kappa shape index (κ2) is 9.39. The Bertz CT molecular complexity index is 1140. The van der Waals surface area contributed by atoms with Crippen molar-refractivity contribution >= 4 is 17.8 Å². The van der Waals surface area contributed by atoms with E-state index in [9.17, 15) is 9.90 Å². The number of esters is 1. The quantitative estimate of drug-likeness (QED) is 0.652. The molecule has 176 valence electrons. The van der Waals surface area contributed by atoms with Gasteiger partial charge in [0, 0.05) is 43.1 Å². The Hall–Kier alpha value is -3.13. The number of aliphatic imine (C=N–C) groups is 1. The molecule has 0 atom stereocenters. The maximum Gasteiger partial charge on any atom is 0.343 e. The van der Waals surface area contributed by atoms with E-state index in [1.165, 1.54) is 5.69 Å². The van der Waals surface area contributed by atoms with Crippen LogP contribution in [0.3, 0.4) is 0 Å². The van der Waals surface area contributed by atoms with E-state index in [1.54, 1.807) is 13.8 Å². The summed E-state index contributed by atoms with van der Waals surface area (Å²) in [6.07, 6.45) is 3.96. The van der Waals surface area contributed by atoms with Gasteiger partial charge in [0.25, 0.3) is 0 Å². The molecule has 0 aromatic carbocycles. The minimum absolute atomic E-state index is 0.118. The summed E-state index contributed by atoms with van der Waals surface area (Å²) < 4.78 is 12.6. The molecule has 0 saturated carbocycles. The van der Waals surface area contributed by atoms with E-state index in [0.29, 0.717) is 17.5 Å². The van der Waals surface area contributed by atoms with Gasteiger partial charge in [-0.3, -0.25) is 4.90 Å². The molecular formula is C25H32N4O4. The normalized spacial score (nSPS) is 18.9. The highest BCUT2D eigenvalue weighted by atomic mass is 16.5. The number of aliphatic hydroxyl groups excluding tert-OH is 1. The molecule has 4 heterocycles. The third-order valence-corrected chi connectivity index (χ3v) is 6.41. The van der Waals surface area contributed by atoms with Gasteiger partial charge in [-0.2, -0.15) is 0 Å². The molecule has 8 nitrogen and oxygen atoms in total. The topological polar surface area (TPSA) is 93.1 Å². The lowest BCUT2D eigenvalue weighted by Gasteiger charge is -2.33. The van der Waals surface area contributed by atoms with Crippen LogP contribution in [0.4, 0.5) is 0 Å². The number of ether oxygens (including phenoxy) is 1. The van der Waals surface area contributed by atoms with Crippen LogP contribution >= 0.6 is 0 Å². The van der Waals surface area contributed by atoms with Crippen LogP contribution in [0.25, 0.3) is 6.08 Å². The highest BCUT2D eigenvalue weighted by molar-refractivity contribution is 6.22. The zero-order chi connectivity index (χ0) is 23.7. The van der Waals surface area contributed by atoms with Crippen molar-refractivity contribution in [3.05, 3.63) is 57.6 Å². The first-order valence-corrected chi connectivity index (χ1v) is 11.5. The molecule has 0 amide bonds. The summed E-state index contributed by atoms with van der Waals surface area (Å²) >= 11 is 0. The number of nitrogens with zero attached hydrogens (tertiary/aromatic N) is 4. The van der Waals surface area contributed by atoms with Gasteiger partial charge in [0.1, 0.15) is 17.0 Å². The van der Waals surface area contributed by atoms with Crippen molar-refractivity contribution in [2.75, 3.05) is 19.7 Å². The maximum absolute atomic E-state index is 12.2. The molecule has 1 N–H and O–H groups in total. The van der Waals surface area contributed by atoms with E-state index in [1.807, 2.05) is 19.1 Å². The standard InChI is InChI=1S/C25H32N4O4/c1-6-32-25(31)23-17(4)26-22(24(23)30)13-19-11-15(2)29(18(19)5)21-7-9-28(10-8-21)14-20-12-16(3)33-27-20/h11-13,21,30H,6-10,14H2,1-5H3/b22-13+. The van der Waals surface area contributed by atoms with Crippen LogP contribution in [0, 0.1) is 20.8 Å². The van der Waals surface area contributed by atoms with E-state index in [2.05, 4.69) is 39.5 Å². The van der Waals surface area contributed by atoms with Crippen LogP contribution < -0.4 is 0 Å². The molecule has 8 heteroatoms. The Morgan fingerprint density at radius 3 is 2.61 bits per heavy atom. The first kappa shape index (κ1) is 23.0. The number of aliphatic hydroxyl groups is 1. The van der Waals surface area contributed by atoms with Gasteiger partial charge in [0.05, 0.1) is 18.0 Å². The van der Waals surface area contributed by atoms with Gasteiger partial charge in [-0.15, -0.1) is 0 Å². The van der Waals surface area contributed by atoms with Crippen molar-refractivity contribution in [3.63, 3.8) is 0 Å². The number of carbonyl (C=O) groups excluding carboxylic acids is 1. The number of aryl methyl sites for hydroxylation is 2. The highest BCUT2D eigenvalue weighted by Crippen LogP contribution is 2.32. The third kappa shape index (κ3) is 4.66. The summed E-state index contributed by atoms with van der Waals surface area (Å²) in [6, 6.07) is 4.53. The molecule has 4 rings (SSSR count). The number of hydrogen-bond donors (Lipinski definition) is 1. The van der Waals surface area contributed by atoms with Crippen LogP contribution in [0.2, 0.25) is 0 Å². The molecule has 2 aromatic rings. The first-order valence-electron chi connectivity index (χ1n) is 11.5. The lowest BCUT2D eigenvalue weighted by Crippen LogP contribution is -2.34. The summed E-state index contributed by atoms with van der Waals surface area (Å²) in [7, 11) is 0. The Morgan fingerprint density at radius 1 is 1.24 bits per heavy atom. The number of aromatic nitrogens is 2. The zero-order valence-electron chi connectivity index (χ0n) is 20.0. The van der Waals surface area contributed by atoms with Crippen molar-refractivity contribution in [2.24, 2.45) is 4.99 Å². The number of rotatable bonds is 6. The predicted molar refractivity (Wildman–Crippen MR) is 126 cm³/mol. The average Bonchev–Trinajstić information content (AvgIpc) is 3.39. The van der Waals surface area contributed by atoms with E-state index < -0.39 is 5.97 Å². The maximum atomic E-state index is 12.2. The van der Waals surface area contributed by atoms with Crippen LogP contribution in [0.1, 0.15) is 61.1 Å². The fraction of sp³-hybridized carbons (Fsp3) is 0.480. The highest BCUT2D eigenvalue weighted by Gasteiger charge is 2.28. The first-order chi connectivity index (χ1) is 15.8. The van der Waals surface area contributed by atoms with Crippen molar-refractivity contribution in [1.82, 2.24) is 14.6 Å². The number of carbonyl (C=O) groups is 1. The minimum Gasteiger partial charge on any atom is -0.505 e. The molecule has 2 aliphatic heterocycles. The molecule has 0 spiro atoms. The van der Waals surface area contributed by atoms with E-state index in [0.717, 1.165) is 55.2 Å². The third-order valence-electron chi connectivity index (χ3n) is 6.41.